The second-order valence-electron chi connectivity index (χ2n) is 5.12. The number of rotatable bonds is 4. The summed E-state index contributed by atoms with van der Waals surface area (Å²) in [4.78, 5) is 15.3. The first-order valence-electron chi connectivity index (χ1n) is 6.41. The maximum Gasteiger partial charge on any atom is 0.358 e. The van der Waals surface area contributed by atoms with E-state index in [1.165, 1.54) is 12.6 Å². The Hall–Kier alpha value is -0.990. The normalized spacial score (nSPS) is 26.6. The van der Waals surface area contributed by atoms with Crippen LogP contribution in [0.4, 0.5) is 0 Å². The first kappa shape index (κ1) is 15.4. The van der Waals surface area contributed by atoms with Crippen LogP contribution in [0.5, 0.6) is 0 Å². The molecule has 8 heteroatoms. The van der Waals surface area contributed by atoms with Crippen LogP contribution in [-0.4, -0.2) is 32.5 Å². The Balaban J connectivity index is 2.23. The van der Waals surface area contributed by atoms with E-state index < -0.39 is 16.0 Å². The summed E-state index contributed by atoms with van der Waals surface area (Å²) < 4.78 is 32.0. The van der Waals surface area contributed by atoms with Crippen molar-refractivity contribution in [3.63, 3.8) is 0 Å². The fraction of sp³-hybridized carbons (Fsp3) is 0.667. The van der Waals surface area contributed by atoms with Gasteiger partial charge in [-0.25, -0.2) is 22.9 Å². The third-order valence-electron chi connectivity index (χ3n) is 3.93. The number of sulfonamides is 1. The van der Waals surface area contributed by atoms with Gasteiger partial charge in [0.15, 0.2) is 9.90 Å². The number of hydrogen-bond donors (Lipinski definition) is 1. The Bertz CT molecular complexity index is 596. The van der Waals surface area contributed by atoms with Crippen molar-refractivity contribution in [1.82, 2.24) is 9.71 Å². The molecule has 0 saturated heterocycles. The SMILES string of the molecule is COC(=O)c1ncsc1S(=O)(=O)NC1CCC(C)C1C. The number of thiazole rings is 1. The third-order valence-corrected chi connectivity index (χ3v) is 6.79. The van der Waals surface area contributed by atoms with E-state index >= 15 is 0 Å². The zero-order valence-corrected chi connectivity index (χ0v) is 13.3. The van der Waals surface area contributed by atoms with Crippen molar-refractivity contribution in [1.29, 1.82) is 0 Å². The van der Waals surface area contributed by atoms with Crippen molar-refractivity contribution in [2.24, 2.45) is 11.8 Å². The standard InChI is InChI=1S/C12H18N2O4S2/c1-7-4-5-9(8(7)2)14-20(16,17)12-10(11(15)18-3)13-6-19-12/h6-9,14H,4-5H2,1-3H3. The molecule has 0 radical (unpaired) electrons. The van der Waals surface area contributed by atoms with Crippen molar-refractivity contribution in [2.75, 3.05) is 7.11 Å². The van der Waals surface area contributed by atoms with Crippen LogP contribution in [0.3, 0.4) is 0 Å². The van der Waals surface area contributed by atoms with Gasteiger partial charge in [-0.3, -0.25) is 0 Å². The van der Waals surface area contributed by atoms with Gasteiger partial charge in [0.2, 0.25) is 0 Å². The first-order valence-corrected chi connectivity index (χ1v) is 8.77. The molecule has 1 fully saturated rings. The van der Waals surface area contributed by atoms with Crippen molar-refractivity contribution in [2.45, 2.75) is 36.9 Å². The molecule has 2 rings (SSSR count). The van der Waals surface area contributed by atoms with E-state index in [1.807, 2.05) is 6.92 Å². The van der Waals surface area contributed by atoms with E-state index in [4.69, 9.17) is 0 Å². The van der Waals surface area contributed by atoms with Gasteiger partial charge >= 0.3 is 5.97 Å². The zero-order valence-electron chi connectivity index (χ0n) is 11.6. The van der Waals surface area contributed by atoms with Crippen LogP contribution in [0.15, 0.2) is 9.72 Å². The number of nitrogens with one attached hydrogen (secondary N) is 1. The lowest BCUT2D eigenvalue weighted by atomic mass is 9.98. The number of ether oxygens (including phenoxy) is 1. The number of hydrogen-bond acceptors (Lipinski definition) is 6. The average Bonchev–Trinajstić information content (AvgIpc) is 3.00. The van der Waals surface area contributed by atoms with Crippen LogP contribution < -0.4 is 4.72 Å². The Morgan fingerprint density at radius 3 is 2.70 bits per heavy atom. The topological polar surface area (TPSA) is 85.4 Å². The summed E-state index contributed by atoms with van der Waals surface area (Å²) in [6, 6.07) is -0.0948. The second kappa shape index (κ2) is 5.79. The van der Waals surface area contributed by atoms with Crippen LogP contribution in [0.2, 0.25) is 0 Å². The molecule has 1 heterocycles. The molecule has 0 spiro atoms. The number of methoxy groups -OCH3 is 1. The summed E-state index contributed by atoms with van der Waals surface area (Å²) in [5, 5.41) is 0. The van der Waals surface area contributed by atoms with Gasteiger partial charge in [0, 0.05) is 6.04 Å². The average molecular weight is 318 g/mol. The van der Waals surface area contributed by atoms with Gasteiger partial charge < -0.3 is 4.74 Å². The highest BCUT2D eigenvalue weighted by Crippen LogP contribution is 2.32. The molecular weight excluding hydrogens is 300 g/mol. The molecule has 1 N–H and O–H groups in total. The summed E-state index contributed by atoms with van der Waals surface area (Å²) in [5.74, 6) is 0.0305. The van der Waals surface area contributed by atoms with E-state index in [0.29, 0.717) is 5.92 Å². The number of esters is 1. The summed E-state index contributed by atoms with van der Waals surface area (Å²) in [6.07, 6.45) is 1.81. The highest BCUT2D eigenvalue weighted by molar-refractivity contribution is 7.91. The van der Waals surface area contributed by atoms with Crippen molar-refractivity contribution in [3.8, 4) is 0 Å². The maximum atomic E-state index is 12.4. The monoisotopic (exact) mass is 318 g/mol. The highest BCUT2D eigenvalue weighted by atomic mass is 32.2. The van der Waals surface area contributed by atoms with Gasteiger partial charge in [-0.1, -0.05) is 13.8 Å². The molecule has 6 nitrogen and oxygen atoms in total. The smallest absolute Gasteiger partial charge is 0.358 e. The van der Waals surface area contributed by atoms with Crippen molar-refractivity contribution < 1.29 is 17.9 Å². The molecule has 1 aliphatic carbocycles. The maximum absolute atomic E-state index is 12.4. The molecule has 112 valence electrons. The van der Waals surface area contributed by atoms with E-state index in [9.17, 15) is 13.2 Å². The van der Waals surface area contributed by atoms with Crippen molar-refractivity contribution in [3.05, 3.63) is 11.2 Å². The Morgan fingerprint density at radius 1 is 1.45 bits per heavy atom. The Morgan fingerprint density at radius 2 is 2.15 bits per heavy atom. The van der Waals surface area contributed by atoms with E-state index in [1.54, 1.807) is 0 Å². The minimum atomic E-state index is -3.74. The summed E-state index contributed by atoms with van der Waals surface area (Å²) in [6.45, 7) is 4.16. The molecule has 0 aliphatic heterocycles. The molecule has 1 aromatic heterocycles. The predicted octanol–water partition coefficient (Wildman–Crippen LogP) is 1.64. The summed E-state index contributed by atoms with van der Waals surface area (Å²) >= 11 is 0.923. The lowest BCUT2D eigenvalue weighted by Crippen LogP contribution is -2.37. The van der Waals surface area contributed by atoms with Crippen LogP contribution >= 0.6 is 11.3 Å². The predicted molar refractivity (Wildman–Crippen MR) is 75.1 cm³/mol. The number of carbonyl (C=O) groups is 1. The fourth-order valence-electron chi connectivity index (χ4n) is 2.44. The zero-order chi connectivity index (χ0) is 14.9. The van der Waals surface area contributed by atoms with Gasteiger partial charge in [-0.15, -0.1) is 11.3 Å². The second-order valence-corrected chi connectivity index (χ2v) is 7.89. The molecule has 1 aromatic rings. The number of nitrogens with zero attached hydrogens (tertiary/aromatic N) is 1. The molecular formula is C12H18N2O4S2. The van der Waals surface area contributed by atoms with Crippen LogP contribution in [0.25, 0.3) is 0 Å². The van der Waals surface area contributed by atoms with Gasteiger partial charge in [-0.2, -0.15) is 0 Å². The molecule has 0 aromatic carbocycles. The molecule has 20 heavy (non-hydrogen) atoms. The van der Waals surface area contributed by atoms with Gasteiger partial charge in [0.25, 0.3) is 10.0 Å². The minimum Gasteiger partial charge on any atom is -0.464 e. The van der Waals surface area contributed by atoms with Gasteiger partial charge in [0.05, 0.1) is 12.6 Å². The number of aromatic nitrogens is 1. The van der Waals surface area contributed by atoms with E-state index in [2.05, 4.69) is 21.4 Å². The van der Waals surface area contributed by atoms with Crippen LogP contribution in [-0.2, 0) is 14.8 Å². The Labute approximate surface area is 122 Å². The van der Waals surface area contributed by atoms with Gasteiger partial charge in [0.1, 0.15) is 0 Å². The molecule has 0 amide bonds. The molecule has 3 unspecified atom stereocenters. The van der Waals surface area contributed by atoms with Crippen molar-refractivity contribution >= 4 is 27.3 Å². The first-order chi connectivity index (χ1) is 9.36. The molecule has 0 bridgehead atoms. The quantitative estimate of drug-likeness (QED) is 0.853. The summed E-state index contributed by atoms with van der Waals surface area (Å²) in [7, 11) is -2.54. The van der Waals surface area contributed by atoms with Crippen LogP contribution in [0.1, 0.15) is 37.2 Å². The lowest BCUT2D eigenvalue weighted by molar-refractivity contribution is 0.0590. The lowest BCUT2D eigenvalue weighted by Gasteiger charge is -2.19. The summed E-state index contributed by atoms with van der Waals surface area (Å²) in [5.41, 5.74) is 1.19. The van der Waals surface area contributed by atoms with E-state index in [0.717, 1.165) is 24.2 Å². The third kappa shape index (κ3) is 2.87. The highest BCUT2D eigenvalue weighted by Gasteiger charge is 2.35. The molecule has 1 aliphatic rings. The Kier molecular flexibility index (Phi) is 4.46. The molecule has 1 saturated carbocycles. The van der Waals surface area contributed by atoms with Gasteiger partial charge in [-0.05, 0) is 24.7 Å². The number of carbonyl (C=O) groups excluding carboxylic acids is 1. The fourth-order valence-corrected chi connectivity index (χ4v) is 4.95. The minimum absolute atomic E-state index is 0.0731. The molecule has 3 atom stereocenters. The van der Waals surface area contributed by atoms with Crippen LogP contribution in [0, 0.1) is 11.8 Å². The van der Waals surface area contributed by atoms with E-state index in [-0.39, 0.29) is 21.9 Å². The largest absolute Gasteiger partial charge is 0.464 e.